The SMILES string of the molecule is CCCNc1nc(C)cc(N2CCCC(C(N)=O)C2)n1. The molecule has 20 heavy (non-hydrogen) atoms. The van der Waals surface area contributed by atoms with E-state index in [9.17, 15) is 4.79 Å². The Kier molecular flexibility index (Phi) is 4.76. The lowest BCUT2D eigenvalue weighted by Crippen LogP contribution is -2.41. The van der Waals surface area contributed by atoms with Gasteiger partial charge in [0.2, 0.25) is 11.9 Å². The fraction of sp³-hybridized carbons (Fsp3) is 0.643. The number of aromatic nitrogens is 2. The van der Waals surface area contributed by atoms with Crippen LogP contribution >= 0.6 is 0 Å². The maximum Gasteiger partial charge on any atom is 0.224 e. The monoisotopic (exact) mass is 277 g/mol. The van der Waals surface area contributed by atoms with Crippen LogP contribution in [0.4, 0.5) is 11.8 Å². The van der Waals surface area contributed by atoms with E-state index < -0.39 is 0 Å². The molecule has 2 rings (SSSR count). The highest BCUT2D eigenvalue weighted by molar-refractivity contribution is 5.77. The number of hydrogen-bond acceptors (Lipinski definition) is 5. The van der Waals surface area contributed by atoms with Crippen LogP contribution < -0.4 is 16.0 Å². The van der Waals surface area contributed by atoms with E-state index in [-0.39, 0.29) is 11.8 Å². The first-order valence-corrected chi connectivity index (χ1v) is 7.24. The number of nitrogens with one attached hydrogen (secondary N) is 1. The molecule has 6 nitrogen and oxygen atoms in total. The number of nitrogens with two attached hydrogens (primary N) is 1. The van der Waals surface area contributed by atoms with Gasteiger partial charge in [0.1, 0.15) is 5.82 Å². The van der Waals surface area contributed by atoms with Crippen LogP contribution in [0, 0.1) is 12.8 Å². The Morgan fingerprint density at radius 2 is 2.35 bits per heavy atom. The normalized spacial score (nSPS) is 18.9. The van der Waals surface area contributed by atoms with Crippen LogP contribution in [0.1, 0.15) is 31.9 Å². The quantitative estimate of drug-likeness (QED) is 0.847. The molecular formula is C14H23N5O. The van der Waals surface area contributed by atoms with E-state index in [0.717, 1.165) is 43.9 Å². The summed E-state index contributed by atoms with van der Waals surface area (Å²) in [6.07, 6.45) is 2.87. The van der Waals surface area contributed by atoms with Crippen molar-refractivity contribution in [2.45, 2.75) is 33.1 Å². The van der Waals surface area contributed by atoms with E-state index in [0.29, 0.717) is 12.5 Å². The highest BCUT2D eigenvalue weighted by Gasteiger charge is 2.25. The zero-order valence-electron chi connectivity index (χ0n) is 12.2. The molecule has 0 bridgehead atoms. The van der Waals surface area contributed by atoms with E-state index in [1.807, 2.05) is 13.0 Å². The van der Waals surface area contributed by atoms with Gasteiger partial charge in [0.25, 0.3) is 0 Å². The number of amides is 1. The van der Waals surface area contributed by atoms with Gasteiger partial charge in [0.15, 0.2) is 0 Å². The maximum absolute atomic E-state index is 11.4. The summed E-state index contributed by atoms with van der Waals surface area (Å²) in [7, 11) is 0. The molecule has 110 valence electrons. The molecule has 1 unspecified atom stereocenters. The van der Waals surface area contributed by atoms with Crippen molar-refractivity contribution in [3.63, 3.8) is 0 Å². The van der Waals surface area contributed by atoms with Crippen molar-refractivity contribution in [1.29, 1.82) is 0 Å². The average Bonchev–Trinajstić information content (AvgIpc) is 2.44. The number of nitrogens with zero attached hydrogens (tertiary/aromatic N) is 3. The first kappa shape index (κ1) is 14.6. The average molecular weight is 277 g/mol. The van der Waals surface area contributed by atoms with Gasteiger partial charge in [-0.05, 0) is 26.2 Å². The van der Waals surface area contributed by atoms with E-state index >= 15 is 0 Å². The lowest BCUT2D eigenvalue weighted by Gasteiger charge is -2.32. The van der Waals surface area contributed by atoms with Crippen LogP contribution in [0.3, 0.4) is 0 Å². The van der Waals surface area contributed by atoms with Gasteiger partial charge in [0.05, 0.1) is 5.92 Å². The molecule has 3 N–H and O–H groups in total. The van der Waals surface area contributed by atoms with Crippen molar-refractivity contribution in [2.24, 2.45) is 11.7 Å². The molecule has 1 aliphatic heterocycles. The summed E-state index contributed by atoms with van der Waals surface area (Å²) in [4.78, 5) is 22.4. The van der Waals surface area contributed by atoms with Gasteiger partial charge in [-0.2, -0.15) is 4.98 Å². The molecule has 1 atom stereocenters. The zero-order valence-corrected chi connectivity index (χ0v) is 12.2. The van der Waals surface area contributed by atoms with E-state index in [1.165, 1.54) is 0 Å². The van der Waals surface area contributed by atoms with Crippen molar-refractivity contribution in [2.75, 3.05) is 29.9 Å². The summed E-state index contributed by atoms with van der Waals surface area (Å²) in [5, 5.41) is 3.21. The zero-order chi connectivity index (χ0) is 14.5. The minimum absolute atomic E-state index is 0.0777. The third-order valence-corrected chi connectivity index (χ3v) is 3.52. The molecule has 1 aromatic rings. The molecule has 0 spiro atoms. The van der Waals surface area contributed by atoms with Crippen LogP contribution in [0.5, 0.6) is 0 Å². The first-order valence-electron chi connectivity index (χ1n) is 7.24. The second-order valence-corrected chi connectivity index (χ2v) is 5.31. The molecule has 0 radical (unpaired) electrons. The summed E-state index contributed by atoms with van der Waals surface area (Å²) < 4.78 is 0. The minimum Gasteiger partial charge on any atom is -0.369 e. The van der Waals surface area contributed by atoms with Crippen LogP contribution in [0.15, 0.2) is 6.07 Å². The molecule has 1 amide bonds. The van der Waals surface area contributed by atoms with Crippen molar-refractivity contribution < 1.29 is 4.79 Å². The lowest BCUT2D eigenvalue weighted by molar-refractivity contribution is -0.122. The van der Waals surface area contributed by atoms with Crippen molar-refractivity contribution in [3.8, 4) is 0 Å². The van der Waals surface area contributed by atoms with Gasteiger partial charge in [-0.1, -0.05) is 6.92 Å². The minimum atomic E-state index is -0.218. The molecular weight excluding hydrogens is 254 g/mol. The van der Waals surface area contributed by atoms with Gasteiger partial charge in [0, 0.05) is 31.4 Å². The van der Waals surface area contributed by atoms with E-state index in [1.54, 1.807) is 0 Å². The fourth-order valence-electron chi connectivity index (χ4n) is 2.45. The molecule has 0 saturated carbocycles. The predicted octanol–water partition coefficient (Wildman–Crippen LogP) is 1.31. The molecule has 0 aliphatic carbocycles. The second-order valence-electron chi connectivity index (χ2n) is 5.31. The Morgan fingerprint density at radius 3 is 3.05 bits per heavy atom. The summed E-state index contributed by atoms with van der Waals surface area (Å²) in [6, 6.07) is 1.96. The highest BCUT2D eigenvalue weighted by atomic mass is 16.1. The Morgan fingerprint density at radius 1 is 1.55 bits per heavy atom. The number of rotatable bonds is 5. The fourth-order valence-corrected chi connectivity index (χ4v) is 2.45. The number of primary amides is 1. The Labute approximate surface area is 119 Å². The van der Waals surface area contributed by atoms with Crippen LogP contribution in [0.2, 0.25) is 0 Å². The van der Waals surface area contributed by atoms with Gasteiger partial charge in [-0.15, -0.1) is 0 Å². The van der Waals surface area contributed by atoms with Crippen molar-refractivity contribution in [3.05, 3.63) is 11.8 Å². The topological polar surface area (TPSA) is 84.1 Å². The Bertz CT molecular complexity index is 477. The number of carbonyl (C=O) groups excluding carboxylic acids is 1. The predicted molar refractivity (Wildman–Crippen MR) is 79.7 cm³/mol. The standard InChI is InChI=1S/C14H23N5O/c1-3-6-16-14-17-10(2)8-12(18-14)19-7-4-5-11(9-19)13(15)20/h8,11H,3-7,9H2,1-2H3,(H2,15,20)(H,16,17,18). The van der Waals surface area contributed by atoms with Crippen molar-refractivity contribution >= 4 is 17.7 Å². The summed E-state index contributed by atoms with van der Waals surface area (Å²) in [5.41, 5.74) is 6.35. The smallest absolute Gasteiger partial charge is 0.224 e. The molecule has 1 aliphatic rings. The van der Waals surface area contributed by atoms with Crippen LogP contribution in [-0.2, 0) is 4.79 Å². The summed E-state index contributed by atoms with van der Waals surface area (Å²) in [6.45, 7) is 6.48. The third kappa shape index (κ3) is 3.59. The number of anilines is 2. The molecule has 0 aromatic carbocycles. The van der Waals surface area contributed by atoms with Crippen LogP contribution in [-0.4, -0.2) is 35.5 Å². The van der Waals surface area contributed by atoms with Gasteiger partial charge in [-0.25, -0.2) is 4.98 Å². The number of hydrogen-bond donors (Lipinski definition) is 2. The van der Waals surface area contributed by atoms with Gasteiger partial charge >= 0.3 is 0 Å². The second kappa shape index (κ2) is 6.54. The largest absolute Gasteiger partial charge is 0.369 e. The molecule has 6 heteroatoms. The lowest BCUT2D eigenvalue weighted by atomic mass is 9.97. The molecule has 1 saturated heterocycles. The summed E-state index contributed by atoms with van der Waals surface area (Å²) in [5.74, 6) is 1.24. The molecule has 2 heterocycles. The van der Waals surface area contributed by atoms with Crippen molar-refractivity contribution in [1.82, 2.24) is 9.97 Å². The van der Waals surface area contributed by atoms with E-state index in [4.69, 9.17) is 5.73 Å². The molecule has 1 fully saturated rings. The highest BCUT2D eigenvalue weighted by Crippen LogP contribution is 2.22. The van der Waals surface area contributed by atoms with E-state index in [2.05, 4.69) is 27.1 Å². The maximum atomic E-state index is 11.4. The van der Waals surface area contributed by atoms with Crippen LogP contribution in [0.25, 0.3) is 0 Å². The third-order valence-electron chi connectivity index (χ3n) is 3.52. The number of piperidine rings is 1. The van der Waals surface area contributed by atoms with Gasteiger partial charge in [-0.3, -0.25) is 4.79 Å². The number of carbonyl (C=O) groups is 1. The summed E-state index contributed by atoms with van der Waals surface area (Å²) >= 11 is 0. The molecule has 1 aromatic heterocycles. The first-order chi connectivity index (χ1) is 9.60. The number of aryl methyl sites for hydroxylation is 1. The Balaban J connectivity index is 2.14. The van der Waals surface area contributed by atoms with Gasteiger partial charge < -0.3 is 16.0 Å². The Hall–Kier alpha value is -1.85.